The van der Waals surface area contributed by atoms with Crippen molar-refractivity contribution in [1.29, 1.82) is 0 Å². The number of aryl methyl sites for hydroxylation is 1. The molecule has 1 aliphatic heterocycles. The van der Waals surface area contributed by atoms with Crippen molar-refractivity contribution in [3.63, 3.8) is 0 Å². The highest BCUT2D eigenvalue weighted by molar-refractivity contribution is 7.91. The average molecular weight is 673 g/mol. The van der Waals surface area contributed by atoms with E-state index in [9.17, 15) is 43.9 Å². The number of carboxylic acids is 1. The van der Waals surface area contributed by atoms with E-state index in [0.717, 1.165) is 12.1 Å². The Labute approximate surface area is 250 Å². The number of rotatable bonds is 6. The molecule has 2 aromatic carbocycles. The lowest BCUT2D eigenvalue weighted by molar-refractivity contribution is -0.192. The molecule has 5 rings (SSSR count). The number of carboxylic acid groups (broad SMARTS) is 1. The molecule has 0 bridgehead atoms. The zero-order chi connectivity index (χ0) is 32.8. The van der Waals surface area contributed by atoms with Crippen molar-refractivity contribution in [2.75, 3.05) is 13.1 Å². The average Bonchev–Trinajstić information content (AvgIpc) is 3.59. The van der Waals surface area contributed by atoms with Crippen molar-refractivity contribution in [1.82, 2.24) is 19.4 Å². The Morgan fingerprint density at radius 3 is 2.30 bits per heavy atom. The summed E-state index contributed by atoms with van der Waals surface area (Å²) in [6.07, 6.45) is -8.10. The third-order valence-electron chi connectivity index (χ3n) is 7.03. The number of hydrogen-bond acceptors (Lipinski definition) is 6. The van der Waals surface area contributed by atoms with E-state index in [4.69, 9.17) is 21.5 Å². The van der Waals surface area contributed by atoms with E-state index in [1.807, 2.05) is 9.62 Å². The number of carbonyl (C=O) groups excluding carboxylic acids is 1. The minimum atomic E-state index is -5.08. The summed E-state index contributed by atoms with van der Waals surface area (Å²) in [6.45, 7) is 2.60. The first-order valence-corrected chi connectivity index (χ1v) is 14.8. The molecule has 44 heavy (non-hydrogen) atoms. The molecule has 1 saturated carbocycles. The van der Waals surface area contributed by atoms with Crippen LogP contribution in [0.3, 0.4) is 0 Å². The van der Waals surface area contributed by atoms with Crippen molar-refractivity contribution in [2.45, 2.75) is 56.4 Å². The quantitative estimate of drug-likeness (QED) is 0.334. The molecular formula is C26H24ClF7N4O5S. The van der Waals surface area contributed by atoms with Gasteiger partial charge in [0.25, 0.3) is 5.91 Å². The van der Waals surface area contributed by atoms with Crippen LogP contribution in [0.15, 0.2) is 30.3 Å². The predicted octanol–water partition coefficient (Wildman–Crippen LogP) is 5.46. The van der Waals surface area contributed by atoms with Gasteiger partial charge < -0.3 is 5.11 Å². The van der Waals surface area contributed by atoms with Crippen LogP contribution in [0.5, 0.6) is 0 Å². The topological polar surface area (TPSA) is 122 Å². The first kappa shape index (κ1) is 33.5. The van der Waals surface area contributed by atoms with Crippen LogP contribution in [-0.4, -0.2) is 64.6 Å². The van der Waals surface area contributed by atoms with E-state index >= 15 is 0 Å². The second kappa shape index (κ2) is 12.2. The molecule has 1 amide bonds. The predicted molar refractivity (Wildman–Crippen MR) is 143 cm³/mol. The molecule has 9 nitrogen and oxygen atoms in total. The Kier molecular flexibility index (Phi) is 9.24. The fraction of sp³-hybridized carbons (Fsp3) is 0.423. The lowest BCUT2D eigenvalue weighted by Crippen LogP contribution is -2.33. The Morgan fingerprint density at radius 2 is 1.73 bits per heavy atom. The number of nitrogens with one attached hydrogen (secondary N) is 1. The number of sulfonamides is 1. The maximum Gasteiger partial charge on any atom is 0.490 e. The highest BCUT2D eigenvalue weighted by Crippen LogP contribution is 2.36. The zero-order valence-electron chi connectivity index (χ0n) is 22.6. The normalized spacial score (nSPS) is 17.8. The first-order valence-electron chi connectivity index (χ1n) is 12.9. The highest BCUT2D eigenvalue weighted by Gasteiger charge is 2.39. The van der Waals surface area contributed by atoms with Crippen LogP contribution in [0.1, 0.15) is 52.5 Å². The van der Waals surface area contributed by atoms with E-state index in [2.05, 4.69) is 5.10 Å². The van der Waals surface area contributed by atoms with Crippen molar-refractivity contribution >= 4 is 44.4 Å². The maximum atomic E-state index is 15.0. The summed E-state index contributed by atoms with van der Waals surface area (Å²) in [7, 11) is -3.84. The molecule has 2 fully saturated rings. The van der Waals surface area contributed by atoms with Gasteiger partial charge in [0, 0.05) is 36.1 Å². The minimum absolute atomic E-state index is 0.0399. The van der Waals surface area contributed by atoms with Crippen LogP contribution in [0, 0.1) is 12.7 Å². The first-order chi connectivity index (χ1) is 20.3. The molecule has 0 radical (unpaired) electrons. The number of alkyl halides is 6. The zero-order valence-corrected chi connectivity index (χ0v) is 24.2. The summed E-state index contributed by atoms with van der Waals surface area (Å²) in [4.78, 5) is 23.3. The Bertz CT molecular complexity index is 1710. The van der Waals surface area contributed by atoms with Gasteiger partial charge in [-0.2, -0.15) is 31.4 Å². The molecule has 1 aliphatic carbocycles. The summed E-state index contributed by atoms with van der Waals surface area (Å²) < 4.78 is 115. The number of carbonyl (C=O) groups is 2. The molecule has 240 valence electrons. The molecule has 3 aromatic rings. The molecule has 1 unspecified atom stereocenters. The van der Waals surface area contributed by atoms with Crippen LogP contribution >= 0.6 is 11.6 Å². The molecule has 2 aliphatic rings. The van der Waals surface area contributed by atoms with Gasteiger partial charge in [0.05, 0.1) is 33.6 Å². The largest absolute Gasteiger partial charge is 0.490 e. The SMILES string of the molecule is Cc1nn(C2CCN(Cc3cc(Cl)ccc3C(F)(F)F)C2)c2cc(F)c(C(=O)NS(=O)(=O)C3CC3)cc12.O=C(O)C(F)(F)F. The lowest BCUT2D eigenvalue weighted by atomic mass is 10.1. The summed E-state index contributed by atoms with van der Waals surface area (Å²) in [5.41, 5.74) is -0.126. The molecule has 2 N–H and O–H groups in total. The summed E-state index contributed by atoms with van der Waals surface area (Å²) >= 11 is 5.95. The van der Waals surface area contributed by atoms with Crippen LogP contribution in [0.25, 0.3) is 10.9 Å². The van der Waals surface area contributed by atoms with E-state index in [1.54, 1.807) is 11.6 Å². The number of aliphatic carboxylic acids is 1. The van der Waals surface area contributed by atoms with Crippen molar-refractivity contribution < 1.29 is 53.8 Å². The van der Waals surface area contributed by atoms with Gasteiger partial charge in [-0.1, -0.05) is 11.6 Å². The smallest absolute Gasteiger partial charge is 0.475 e. The highest BCUT2D eigenvalue weighted by atomic mass is 35.5. The second-order valence-corrected chi connectivity index (χ2v) is 12.7. The van der Waals surface area contributed by atoms with Crippen LogP contribution in [-0.2, 0) is 27.5 Å². The second-order valence-electron chi connectivity index (χ2n) is 10.3. The Hall–Kier alpha value is -3.44. The summed E-state index contributed by atoms with van der Waals surface area (Å²) in [5, 5.41) is 11.7. The Morgan fingerprint density at radius 1 is 1.09 bits per heavy atom. The third kappa shape index (κ3) is 7.61. The summed E-state index contributed by atoms with van der Waals surface area (Å²) in [5.74, 6) is -4.68. The molecule has 2 heterocycles. The van der Waals surface area contributed by atoms with E-state index < -0.39 is 56.4 Å². The van der Waals surface area contributed by atoms with Crippen molar-refractivity contribution in [2.24, 2.45) is 0 Å². The molecule has 1 atom stereocenters. The number of hydrogen-bond donors (Lipinski definition) is 2. The van der Waals surface area contributed by atoms with Crippen LogP contribution < -0.4 is 4.72 Å². The number of fused-ring (bicyclic) bond motifs is 1. The minimum Gasteiger partial charge on any atom is -0.475 e. The summed E-state index contributed by atoms with van der Waals surface area (Å²) in [6, 6.07) is 5.70. The lowest BCUT2D eigenvalue weighted by Gasteiger charge is -2.20. The van der Waals surface area contributed by atoms with Crippen LogP contribution in [0.2, 0.25) is 5.02 Å². The van der Waals surface area contributed by atoms with Gasteiger partial charge in [-0.25, -0.2) is 22.3 Å². The van der Waals surface area contributed by atoms with Gasteiger partial charge in [-0.3, -0.25) is 14.4 Å². The molecule has 1 aromatic heterocycles. The Balaban J connectivity index is 0.000000566. The monoisotopic (exact) mass is 672 g/mol. The fourth-order valence-electron chi connectivity index (χ4n) is 4.78. The number of halogens is 8. The van der Waals surface area contributed by atoms with Gasteiger partial charge in [0.1, 0.15) is 5.82 Å². The van der Waals surface area contributed by atoms with Gasteiger partial charge >= 0.3 is 18.3 Å². The number of aromatic nitrogens is 2. The van der Waals surface area contributed by atoms with E-state index in [-0.39, 0.29) is 23.2 Å². The van der Waals surface area contributed by atoms with Crippen molar-refractivity contribution in [3.8, 4) is 0 Å². The van der Waals surface area contributed by atoms with E-state index in [0.29, 0.717) is 48.9 Å². The molecular weight excluding hydrogens is 649 g/mol. The van der Waals surface area contributed by atoms with Gasteiger partial charge in [0.2, 0.25) is 10.0 Å². The molecule has 18 heteroatoms. The van der Waals surface area contributed by atoms with Gasteiger partial charge in [-0.05, 0) is 56.0 Å². The number of amides is 1. The maximum absolute atomic E-state index is 15.0. The number of likely N-dealkylation sites (tertiary alicyclic amines) is 1. The van der Waals surface area contributed by atoms with Gasteiger partial charge in [-0.15, -0.1) is 0 Å². The molecule has 0 spiro atoms. The van der Waals surface area contributed by atoms with E-state index in [1.165, 1.54) is 18.2 Å². The standard InChI is InChI=1S/C24H23ClF4N4O3S.C2HF3O2/c1-13-18-9-19(23(34)31-37(35,36)17-3-4-17)21(26)10-22(18)33(30-13)16-6-7-32(12-16)11-14-8-15(25)2-5-20(14)24(27,28)29;3-2(4,5)1(6)7/h2,5,8-10,16-17H,3-4,6-7,11-12H2,1H3,(H,31,34);(H,6,7). The third-order valence-corrected chi connectivity index (χ3v) is 9.08. The van der Waals surface area contributed by atoms with Gasteiger partial charge in [0.15, 0.2) is 0 Å². The fourth-order valence-corrected chi connectivity index (χ4v) is 6.26. The van der Waals surface area contributed by atoms with Crippen LogP contribution in [0.4, 0.5) is 30.7 Å². The molecule has 1 saturated heterocycles. The number of nitrogens with zero attached hydrogens (tertiary/aromatic N) is 3. The van der Waals surface area contributed by atoms with Crippen molar-refractivity contribution in [3.05, 3.63) is 63.6 Å². The number of benzene rings is 2.